The highest BCUT2D eigenvalue weighted by Gasteiger charge is 2.20. The van der Waals surface area contributed by atoms with Gasteiger partial charge in [0.25, 0.3) is 5.91 Å². The van der Waals surface area contributed by atoms with Crippen LogP contribution in [-0.4, -0.2) is 32.2 Å². The minimum absolute atomic E-state index is 0.0189. The third kappa shape index (κ3) is 6.68. The summed E-state index contributed by atoms with van der Waals surface area (Å²) in [4.78, 5) is 24.4. The molecule has 156 valence electrons. The molecule has 0 aromatic heterocycles. The van der Waals surface area contributed by atoms with Crippen molar-refractivity contribution >= 4 is 23.5 Å². The van der Waals surface area contributed by atoms with Gasteiger partial charge in [0.1, 0.15) is 11.5 Å². The van der Waals surface area contributed by atoms with Crippen LogP contribution in [0.1, 0.15) is 36.1 Å². The second-order valence-corrected chi connectivity index (χ2v) is 6.94. The quantitative estimate of drug-likeness (QED) is 0.618. The standard InChI is InChI=1S/C22H26ClNO5/c1-5-28-21(26)12-19(16-6-8-17(27-4)9-7-16)24-20(25)13-29-18-10-14(2)22(23)15(3)11-18/h6-11,19H,5,12-13H2,1-4H3,(H,24,25)/t19-/m0/s1. The van der Waals surface area contributed by atoms with Crippen molar-refractivity contribution in [2.24, 2.45) is 0 Å². The second-order valence-electron chi connectivity index (χ2n) is 6.56. The summed E-state index contributed by atoms with van der Waals surface area (Å²) in [7, 11) is 1.57. The van der Waals surface area contributed by atoms with Crippen LogP contribution < -0.4 is 14.8 Å². The van der Waals surface area contributed by atoms with E-state index < -0.39 is 12.0 Å². The summed E-state index contributed by atoms with van der Waals surface area (Å²) in [6, 6.07) is 10.2. The zero-order chi connectivity index (χ0) is 21.4. The van der Waals surface area contributed by atoms with E-state index in [0.717, 1.165) is 16.7 Å². The van der Waals surface area contributed by atoms with Gasteiger partial charge in [-0.1, -0.05) is 23.7 Å². The Morgan fingerprint density at radius 1 is 1.07 bits per heavy atom. The summed E-state index contributed by atoms with van der Waals surface area (Å²) in [5.74, 6) is 0.511. The Bertz CT molecular complexity index is 828. The Morgan fingerprint density at radius 3 is 2.24 bits per heavy atom. The summed E-state index contributed by atoms with van der Waals surface area (Å²) < 4.78 is 15.8. The predicted octanol–water partition coefficient (Wildman–Crippen LogP) is 4.15. The highest BCUT2D eigenvalue weighted by atomic mass is 35.5. The van der Waals surface area contributed by atoms with E-state index in [1.807, 2.05) is 13.8 Å². The maximum atomic E-state index is 12.5. The molecule has 0 aliphatic heterocycles. The molecule has 6 nitrogen and oxygen atoms in total. The molecular formula is C22H26ClNO5. The molecule has 0 radical (unpaired) electrons. The zero-order valence-corrected chi connectivity index (χ0v) is 17.8. The minimum atomic E-state index is -0.537. The summed E-state index contributed by atoms with van der Waals surface area (Å²) in [5.41, 5.74) is 2.52. The number of nitrogens with one attached hydrogen (secondary N) is 1. The number of ether oxygens (including phenoxy) is 3. The topological polar surface area (TPSA) is 73.9 Å². The molecular weight excluding hydrogens is 394 g/mol. The number of benzene rings is 2. The van der Waals surface area contributed by atoms with Crippen molar-refractivity contribution in [2.45, 2.75) is 33.2 Å². The summed E-state index contributed by atoms with van der Waals surface area (Å²) in [6.07, 6.45) is 0.0189. The van der Waals surface area contributed by atoms with Crippen molar-refractivity contribution in [3.05, 3.63) is 58.1 Å². The summed E-state index contributed by atoms with van der Waals surface area (Å²) >= 11 is 6.16. The fraction of sp³-hybridized carbons (Fsp3) is 0.364. The molecule has 0 saturated heterocycles. The first kappa shape index (κ1) is 22.6. The molecule has 0 unspecified atom stereocenters. The Labute approximate surface area is 176 Å². The molecule has 7 heteroatoms. The molecule has 0 bridgehead atoms. The van der Waals surface area contributed by atoms with E-state index in [9.17, 15) is 9.59 Å². The van der Waals surface area contributed by atoms with E-state index in [1.165, 1.54) is 0 Å². The van der Waals surface area contributed by atoms with Crippen LogP contribution in [0.2, 0.25) is 5.02 Å². The SMILES string of the molecule is CCOC(=O)C[C@H](NC(=O)COc1cc(C)c(Cl)c(C)c1)c1ccc(OC)cc1. The van der Waals surface area contributed by atoms with Gasteiger partial charge in [-0.15, -0.1) is 0 Å². The van der Waals surface area contributed by atoms with Gasteiger partial charge >= 0.3 is 5.97 Å². The maximum absolute atomic E-state index is 12.5. The number of hydrogen-bond donors (Lipinski definition) is 1. The number of esters is 1. The molecule has 1 N–H and O–H groups in total. The molecule has 0 spiro atoms. The van der Waals surface area contributed by atoms with E-state index >= 15 is 0 Å². The van der Waals surface area contributed by atoms with Crippen molar-refractivity contribution < 1.29 is 23.8 Å². The van der Waals surface area contributed by atoms with Gasteiger partial charge in [-0.3, -0.25) is 9.59 Å². The van der Waals surface area contributed by atoms with Crippen LogP contribution in [0.4, 0.5) is 0 Å². The average molecular weight is 420 g/mol. The number of rotatable bonds is 9. The van der Waals surface area contributed by atoms with Gasteiger partial charge in [-0.25, -0.2) is 0 Å². The average Bonchev–Trinajstić information content (AvgIpc) is 2.70. The second kappa shape index (κ2) is 10.7. The number of hydrogen-bond acceptors (Lipinski definition) is 5. The van der Waals surface area contributed by atoms with E-state index in [4.69, 9.17) is 25.8 Å². The summed E-state index contributed by atoms with van der Waals surface area (Å²) in [6.45, 7) is 5.59. The van der Waals surface area contributed by atoms with Crippen molar-refractivity contribution in [2.75, 3.05) is 20.3 Å². The van der Waals surface area contributed by atoms with Crippen molar-refractivity contribution in [3.8, 4) is 11.5 Å². The number of halogens is 1. The molecule has 0 heterocycles. The van der Waals surface area contributed by atoms with Crippen LogP contribution in [0.3, 0.4) is 0 Å². The Kier molecular flexibility index (Phi) is 8.34. The zero-order valence-electron chi connectivity index (χ0n) is 17.1. The number of methoxy groups -OCH3 is 1. The lowest BCUT2D eigenvalue weighted by atomic mass is 10.0. The van der Waals surface area contributed by atoms with Gasteiger partial charge in [0.15, 0.2) is 6.61 Å². The van der Waals surface area contributed by atoms with Crippen molar-refractivity contribution in [1.82, 2.24) is 5.32 Å². The van der Waals surface area contributed by atoms with Gasteiger partial charge < -0.3 is 19.5 Å². The molecule has 2 aromatic rings. The van der Waals surface area contributed by atoms with Crippen LogP contribution in [0, 0.1) is 13.8 Å². The Morgan fingerprint density at radius 2 is 1.69 bits per heavy atom. The van der Waals surface area contributed by atoms with Crippen molar-refractivity contribution in [1.29, 1.82) is 0 Å². The molecule has 0 aliphatic rings. The molecule has 0 aliphatic carbocycles. The normalized spacial score (nSPS) is 11.5. The number of carbonyl (C=O) groups excluding carboxylic acids is 2. The van der Waals surface area contributed by atoms with Gasteiger partial charge in [-0.05, 0) is 61.7 Å². The van der Waals surface area contributed by atoms with Crippen LogP contribution in [0.25, 0.3) is 0 Å². The number of aryl methyl sites for hydroxylation is 2. The molecule has 2 aromatic carbocycles. The molecule has 0 saturated carbocycles. The van der Waals surface area contributed by atoms with Gasteiger partial charge in [0.2, 0.25) is 0 Å². The predicted molar refractivity (Wildman–Crippen MR) is 112 cm³/mol. The van der Waals surface area contributed by atoms with Crippen molar-refractivity contribution in [3.63, 3.8) is 0 Å². The molecule has 1 atom stereocenters. The van der Waals surface area contributed by atoms with Gasteiger partial charge in [-0.2, -0.15) is 0 Å². The Balaban J connectivity index is 2.06. The lowest BCUT2D eigenvalue weighted by molar-refractivity contribution is -0.143. The molecule has 2 rings (SSSR count). The van der Waals surface area contributed by atoms with Crippen LogP contribution in [-0.2, 0) is 14.3 Å². The molecule has 0 fully saturated rings. The maximum Gasteiger partial charge on any atom is 0.308 e. The first-order valence-electron chi connectivity index (χ1n) is 9.32. The van der Waals surface area contributed by atoms with Crippen LogP contribution >= 0.6 is 11.6 Å². The van der Waals surface area contributed by atoms with Gasteiger partial charge in [0, 0.05) is 5.02 Å². The third-order valence-corrected chi connectivity index (χ3v) is 4.91. The lowest BCUT2D eigenvalue weighted by Gasteiger charge is -2.19. The van der Waals surface area contributed by atoms with E-state index in [1.54, 1.807) is 50.4 Å². The van der Waals surface area contributed by atoms with E-state index in [2.05, 4.69) is 5.32 Å². The van der Waals surface area contributed by atoms with E-state index in [-0.39, 0.29) is 25.5 Å². The fourth-order valence-electron chi connectivity index (χ4n) is 2.85. The first-order chi connectivity index (χ1) is 13.8. The Hall–Kier alpha value is -2.73. The molecule has 29 heavy (non-hydrogen) atoms. The summed E-state index contributed by atoms with van der Waals surface area (Å²) in [5, 5.41) is 3.52. The minimum Gasteiger partial charge on any atom is -0.497 e. The first-order valence-corrected chi connectivity index (χ1v) is 9.70. The van der Waals surface area contributed by atoms with Crippen LogP contribution in [0.15, 0.2) is 36.4 Å². The number of amides is 1. The fourth-order valence-corrected chi connectivity index (χ4v) is 2.96. The van der Waals surface area contributed by atoms with Gasteiger partial charge in [0.05, 0.1) is 26.2 Å². The monoisotopic (exact) mass is 419 g/mol. The third-order valence-electron chi connectivity index (χ3n) is 4.31. The largest absolute Gasteiger partial charge is 0.497 e. The highest BCUT2D eigenvalue weighted by Crippen LogP contribution is 2.26. The highest BCUT2D eigenvalue weighted by molar-refractivity contribution is 6.32. The number of carbonyl (C=O) groups is 2. The van der Waals surface area contributed by atoms with Crippen LogP contribution in [0.5, 0.6) is 11.5 Å². The molecule has 1 amide bonds. The lowest BCUT2D eigenvalue weighted by Crippen LogP contribution is -2.34. The smallest absolute Gasteiger partial charge is 0.308 e. The van der Waals surface area contributed by atoms with E-state index in [0.29, 0.717) is 16.5 Å².